The molecule has 0 saturated heterocycles. The largest absolute Gasteiger partial charge is 0.508 e. The average Bonchev–Trinajstić information content (AvgIpc) is 2.06. The van der Waals surface area contributed by atoms with Crippen LogP contribution in [0.5, 0.6) is 0 Å². The summed E-state index contributed by atoms with van der Waals surface area (Å²) in [5.74, 6) is 0. The highest BCUT2D eigenvalue weighted by atomic mass is 16.7. The molecule has 6 heteroatoms. The lowest BCUT2D eigenvalue weighted by atomic mass is 10.2. The molecule has 0 aliphatic rings. The highest BCUT2D eigenvalue weighted by Crippen LogP contribution is 2.08. The van der Waals surface area contributed by atoms with Gasteiger partial charge in [-0.25, -0.2) is 9.59 Å². The van der Waals surface area contributed by atoms with Crippen LogP contribution in [0, 0.1) is 0 Å². The van der Waals surface area contributed by atoms with Crippen molar-refractivity contribution < 1.29 is 23.8 Å². The predicted octanol–water partition coefficient (Wildman–Crippen LogP) is 2.46. The molecule has 0 rings (SSSR count). The van der Waals surface area contributed by atoms with Gasteiger partial charge in [0.1, 0.15) is 17.8 Å². The normalized spacial score (nSPS) is 11.7. The Balaban J connectivity index is 3.69. The van der Waals surface area contributed by atoms with Crippen LogP contribution in [0.15, 0.2) is 0 Å². The van der Waals surface area contributed by atoms with Crippen LogP contribution in [0.1, 0.15) is 41.5 Å². The lowest BCUT2D eigenvalue weighted by molar-refractivity contribution is -0.00740. The summed E-state index contributed by atoms with van der Waals surface area (Å²) in [7, 11) is 0. The molecular formula is C12H23NO5. The van der Waals surface area contributed by atoms with E-state index < -0.39 is 23.5 Å². The molecule has 0 atom stereocenters. The van der Waals surface area contributed by atoms with E-state index in [1.54, 1.807) is 41.5 Å². The average molecular weight is 261 g/mol. The van der Waals surface area contributed by atoms with Gasteiger partial charge < -0.3 is 19.5 Å². The first kappa shape index (κ1) is 16.5. The predicted molar refractivity (Wildman–Crippen MR) is 66.4 cm³/mol. The quantitative estimate of drug-likeness (QED) is 0.624. The third kappa shape index (κ3) is 11.0. The van der Waals surface area contributed by atoms with Gasteiger partial charge in [-0.3, -0.25) is 0 Å². The zero-order chi connectivity index (χ0) is 14.4. The monoisotopic (exact) mass is 261 g/mol. The fraction of sp³-hybridized carbons (Fsp3) is 0.833. The van der Waals surface area contributed by atoms with Crippen LogP contribution in [0.25, 0.3) is 0 Å². The van der Waals surface area contributed by atoms with Crippen molar-refractivity contribution >= 4 is 12.2 Å². The summed E-state index contributed by atoms with van der Waals surface area (Å²) in [4.78, 5) is 22.4. The summed E-state index contributed by atoms with van der Waals surface area (Å²) >= 11 is 0. The Morgan fingerprint density at radius 3 is 1.89 bits per heavy atom. The van der Waals surface area contributed by atoms with Crippen LogP contribution in [0.4, 0.5) is 9.59 Å². The van der Waals surface area contributed by atoms with Crippen LogP contribution in [-0.4, -0.2) is 36.6 Å². The lowest BCUT2D eigenvalue weighted by Crippen LogP contribution is -2.35. The van der Waals surface area contributed by atoms with E-state index in [1.807, 2.05) is 0 Å². The van der Waals surface area contributed by atoms with Gasteiger partial charge >= 0.3 is 12.2 Å². The van der Waals surface area contributed by atoms with Crippen molar-refractivity contribution in [2.75, 3.05) is 13.2 Å². The Morgan fingerprint density at radius 1 is 0.944 bits per heavy atom. The second-order valence-electron chi connectivity index (χ2n) is 5.74. The summed E-state index contributed by atoms with van der Waals surface area (Å²) in [6.07, 6.45) is -1.30. The van der Waals surface area contributed by atoms with E-state index in [-0.39, 0.29) is 13.2 Å². The zero-order valence-electron chi connectivity index (χ0n) is 12.0. The number of amides is 1. The molecule has 1 amide bonds. The molecule has 0 bridgehead atoms. The molecule has 0 saturated carbocycles. The maximum absolute atomic E-state index is 11.2. The van der Waals surface area contributed by atoms with Gasteiger partial charge in [0.25, 0.3) is 0 Å². The summed E-state index contributed by atoms with van der Waals surface area (Å²) in [5.41, 5.74) is -1.13. The van der Waals surface area contributed by atoms with Crippen molar-refractivity contribution in [1.29, 1.82) is 0 Å². The molecular weight excluding hydrogens is 238 g/mol. The highest BCUT2D eigenvalue weighted by Gasteiger charge is 2.18. The Kier molecular flexibility index (Phi) is 5.94. The van der Waals surface area contributed by atoms with Crippen LogP contribution in [0.3, 0.4) is 0 Å². The van der Waals surface area contributed by atoms with Gasteiger partial charge in [-0.2, -0.15) is 0 Å². The van der Waals surface area contributed by atoms with Gasteiger partial charge in [-0.05, 0) is 41.5 Å². The fourth-order valence-electron chi connectivity index (χ4n) is 0.881. The van der Waals surface area contributed by atoms with E-state index >= 15 is 0 Å². The molecule has 0 aromatic rings. The van der Waals surface area contributed by atoms with Crippen LogP contribution >= 0.6 is 0 Å². The smallest absolute Gasteiger partial charge is 0.444 e. The molecule has 0 aliphatic heterocycles. The molecule has 18 heavy (non-hydrogen) atoms. The first-order valence-electron chi connectivity index (χ1n) is 5.82. The summed E-state index contributed by atoms with van der Waals surface area (Å²) in [6.45, 7) is 10.7. The number of rotatable bonds is 3. The molecule has 0 spiro atoms. The molecule has 0 aromatic heterocycles. The Bertz CT molecular complexity index is 258. The van der Waals surface area contributed by atoms with Gasteiger partial charge in [0.15, 0.2) is 0 Å². The SMILES string of the molecule is CC(C)(C)OC(=O)NCCOC(=O)OC(C)(C)C. The zero-order valence-corrected chi connectivity index (χ0v) is 12.0. The number of hydrogen-bond acceptors (Lipinski definition) is 5. The van der Waals surface area contributed by atoms with Gasteiger partial charge in [-0.1, -0.05) is 0 Å². The van der Waals surface area contributed by atoms with E-state index in [9.17, 15) is 9.59 Å². The maximum Gasteiger partial charge on any atom is 0.508 e. The van der Waals surface area contributed by atoms with Crippen LogP contribution in [-0.2, 0) is 14.2 Å². The van der Waals surface area contributed by atoms with Crippen molar-refractivity contribution in [3.05, 3.63) is 0 Å². The van der Waals surface area contributed by atoms with E-state index in [0.717, 1.165) is 0 Å². The van der Waals surface area contributed by atoms with Crippen LogP contribution < -0.4 is 5.32 Å². The molecule has 1 N–H and O–H groups in total. The minimum Gasteiger partial charge on any atom is -0.444 e. The third-order valence-corrected chi connectivity index (χ3v) is 1.38. The number of nitrogens with one attached hydrogen (secondary N) is 1. The van der Waals surface area contributed by atoms with Crippen molar-refractivity contribution in [2.24, 2.45) is 0 Å². The van der Waals surface area contributed by atoms with E-state index in [4.69, 9.17) is 14.2 Å². The second kappa shape index (κ2) is 6.47. The Hall–Kier alpha value is -1.46. The first-order valence-corrected chi connectivity index (χ1v) is 5.82. The molecule has 0 aromatic carbocycles. The molecule has 6 nitrogen and oxygen atoms in total. The van der Waals surface area contributed by atoms with Crippen molar-refractivity contribution in [3.8, 4) is 0 Å². The van der Waals surface area contributed by atoms with Gasteiger partial charge in [0.2, 0.25) is 0 Å². The van der Waals surface area contributed by atoms with E-state index in [0.29, 0.717) is 0 Å². The second-order valence-corrected chi connectivity index (χ2v) is 5.74. The molecule has 0 radical (unpaired) electrons. The fourth-order valence-corrected chi connectivity index (χ4v) is 0.881. The lowest BCUT2D eigenvalue weighted by Gasteiger charge is -2.20. The summed E-state index contributed by atoms with van der Waals surface area (Å²) in [5, 5.41) is 2.46. The van der Waals surface area contributed by atoms with Crippen molar-refractivity contribution in [3.63, 3.8) is 0 Å². The highest BCUT2D eigenvalue weighted by molar-refractivity contribution is 5.67. The number of ether oxygens (including phenoxy) is 3. The van der Waals surface area contributed by atoms with Crippen molar-refractivity contribution in [1.82, 2.24) is 5.32 Å². The van der Waals surface area contributed by atoms with Gasteiger partial charge in [0.05, 0.1) is 6.54 Å². The molecule has 0 heterocycles. The number of carbonyl (C=O) groups is 2. The van der Waals surface area contributed by atoms with Gasteiger partial charge in [0, 0.05) is 0 Å². The molecule has 106 valence electrons. The standard InChI is InChI=1S/C12H23NO5/c1-11(2,3)17-9(14)13-7-8-16-10(15)18-12(4,5)6/h7-8H2,1-6H3,(H,13,14). The number of alkyl carbamates (subject to hydrolysis) is 1. The number of hydrogen-bond donors (Lipinski definition) is 1. The molecule has 0 fully saturated rings. The maximum atomic E-state index is 11.2. The topological polar surface area (TPSA) is 73.9 Å². The summed E-state index contributed by atoms with van der Waals surface area (Å²) in [6, 6.07) is 0. The minimum absolute atomic E-state index is 0.0359. The third-order valence-electron chi connectivity index (χ3n) is 1.38. The first-order chi connectivity index (χ1) is 7.99. The minimum atomic E-state index is -0.756. The van der Waals surface area contributed by atoms with E-state index in [2.05, 4.69) is 5.32 Å². The Labute approximate surface area is 108 Å². The van der Waals surface area contributed by atoms with Gasteiger partial charge in [-0.15, -0.1) is 0 Å². The number of carbonyl (C=O) groups excluding carboxylic acids is 2. The Morgan fingerprint density at radius 2 is 1.44 bits per heavy atom. The van der Waals surface area contributed by atoms with Crippen molar-refractivity contribution in [2.45, 2.75) is 52.7 Å². The molecule has 0 aliphatic carbocycles. The summed E-state index contributed by atoms with van der Waals surface area (Å²) < 4.78 is 14.7. The van der Waals surface area contributed by atoms with Crippen LogP contribution in [0.2, 0.25) is 0 Å². The van der Waals surface area contributed by atoms with E-state index in [1.165, 1.54) is 0 Å². The molecule has 0 unspecified atom stereocenters.